The molecule has 0 spiro atoms. The Hall–Kier alpha value is -1.13. The third kappa shape index (κ3) is 2.67. The number of ether oxygens (including phenoxy) is 1. The van der Waals surface area contributed by atoms with E-state index in [1.807, 2.05) is 13.0 Å². The Bertz CT molecular complexity index is 455. The number of anilines is 1. The van der Waals surface area contributed by atoms with Crippen LogP contribution in [0, 0.1) is 12.3 Å². The van der Waals surface area contributed by atoms with Gasteiger partial charge in [0.2, 0.25) is 0 Å². The van der Waals surface area contributed by atoms with E-state index in [0.29, 0.717) is 16.8 Å². The minimum Gasteiger partial charge on any atom is -0.385 e. The van der Waals surface area contributed by atoms with Gasteiger partial charge in [0, 0.05) is 18.9 Å². The van der Waals surface area contributed by atoms with Crippen molar-refractivity contribution in [2.24, 2.45) is 5.41 Å². The lowest BCUT2D eigenvalue weighted by molar-refractivity contribution is -0.138. The standard InChI is InChI=1S/C16H26N2O2/c1-11-5-10-18-14(17)12(11)13(19)16(20-4)8-6-15(2,3)7-9-16/h5,10,13,19H,6-9H2,1-4H3,(H2,17,18). The number of nitrogen functional groups attached to an aromatic ring is 1. The van der Waals surface area contributed by atoms with E-state index < -0.39 is 11.7 Å². The largest absolute Gasteiger partial charge is 0.385 e. The molecule has 0 saturated heterocycles. The van der Waals surface area contributed by atoms with Crippen LogP contribution in [0.1, 0.15) is 56.8 Å². The minimum atomic E-state index is -0.725. The Kier molecular flexibility index (Phi) is 4.07. The van der Waals surface area contributed by atoms with E-state index >= 15 is 0 Å². The number of rotatable bonds is 3. The number of methoxy groups -OCH3 is 1. The average molecular weight is 278 g/mol. The molecular weight excluding hydrogens is 252 g/mol. The maximum absolute atomic E-state index is 10.9. The van der Waals surface area contributed by atoms with Gasteiger partial charge in [-0.2, -0.15) is 0 Å². The van der Waals surface area contributed by atoms with Gasteiger partial charge in [0.1, 0.15) is 11.9 Å². The third-order valence-corrected chi connectivity index (χ3v) is 4.87. The molecule has 0 aromatic carbocycles. The lowest BCUT2D eigenvalue weighted by Crippen LogP contribution is -2.44. The molecule has 0 amide bonds. The first-order chi connectivity index (χ1) is 9.31. The van der Waals surface area contributed by atoms with Crippen molar-refractivity contribution in [3.63, 3.8) is 0 Å². The van der Waals surface area contributed by atoms with E-state index in [0.717, 1.165) is 31.2 Å². The Labute approximate surface area is 121 Å². The van der Waals surface area contributed by atoms with Crippen LogP contribution in [0.15, 0.2) is 12.3 Å². The highest BCUT2D eigenvalue weighted by Gasteiger charge is 2.45. The first kappa shape index (κ1) is 15.3. The summed E-state index contributed by atoms with van der Waals surface area (Å²) >= 11 is 0. The second-order valence-corrected chi connectivity index (χ2v) is 6.76. The van der Waals surface area contributed by atoms with Gasteiger partial charge in [-0.15, -0.1) is 0 Å². The van der Waals surface area contributed by atoms with Crippen molar-refractivity contribution in [2.45, 2.75) is 58.2 Å². The Morgan fingerprint density at radius 2 is 1.90 bits per heavy atom. The first-order valence-corrected chi connectivity index (χ1v) is 7.25. The lowest BCUT2D eigenvalue weighted by atomic mass is 9.68. The Balaban J connectivity index is 2.33. The van der Waals surface area contributed by atoms with Crippen LogP contribution in [0.4, 0.5) is 5.82 Å². The smallest absolute Gasteiger partial charge is 0.129 e. The summed E-state index contributed by atoms with van der Waals surface area (Å²) in [6.07, 6.45) is 4.70. The fourth-order valence-electron chi connectivity index (χ4n) is 3.15. The molecule has 0 aliphatic heterocycles. The van der Waals surface area contributed by atoms with Crippen LogP contribution >= 0.6 is 0 Å². The van der Waals surface area contributed by atoms with Crippen molar-refractivity contribution in [2.75, 3.05) is 12.8 Å². The van der Waals surface area contributed by atoms with Gasteiger partial charge in [-0.3, -0.25) is 0 Å². The zero-order chi connectivity index (χ0) is 15.0. The van der Waals surface area contributed by atoms with Crippen molar-refractivity contribution in [1.82, 2.24) is 4.98 Å². The maximum Gasteiger partial charge on any atom is 0.129 e. The van der Waals surface area contributed by atoms with Crippen molar-refractivity contribution in [1.29, 1.82) is 0 Å². The van der Waals surface area contributed by atoms with Crippen LogP contribution in [0.25, 0.3) is 0 Å². The summed E-state index contributed by atoms with van der Waals surface area (Å²) in [5.74, 6) is 0.402. The molecule has 4 heteroatoms. The van der Waals surface area contributed by atoms with E-state index in [1.54, 1.807) is 13.3 Å². The molecule has 1 atom stereocenters. The fraction of sp³-hybridized carbons (Fsp3) is 0.688. The molecule has 3 N–H and O–H groups in total. The summed E-state index contributed by atoms with van der Waals surface area (Å²) in [5, 5.41) is 10.9. The number of aliphatic hydroxyl groups is 1. The van der Waals surface area contributed by atoms with Crippen LogP contribution in [0.5, 0.6) is 0 Å². The molecule has 1 fully saturated rings. The Morgan fingerprint density at radius 3 is 2.40 bits per heavy atom. The van der Waals surface area contributed by atoms with Crippen LogP contribution < -0.4 is 5.73 Å². The number of aromatic nitrogens is 1. The summed E-state index contributed by atoms with van der Waals surface area (Å²) in [6, 6.07) is 1.88. The van der Waals surface area contributed by atoms with Crippen LogP contribution in [0.3, 0.4) is 0 Å². The molecule has 20 heavy (non-hydrogen) atoms. The number of nitrogens with zero attached hydrogens (tertiary/aromatic N) is 1. The number of hydrogen-bond donors (Lipinski definition) is 2. The first-order valence-electron chi connectivity index (χ1n) is 7.25. The van der Waals surface area contributed by atoms with Gasteiger partial charge in [-0.05, 0) is 49.7 Å². The van der Waals surface area contributed by atoms with E-state index in [1.165, 1.54) is 0 Å². The van der Waals surface area contributed by atoms with Crippen molar-refractivity contribution < 1.29 is 9.84 Å². The molecule has 4 nitrogen and oxygen atoms in total. The molecule has 0 bridgehead atoms. The third-order valence-electron chi connectivity index (χ3n) is 4.87. The van der Waals surface area contributed by atoms with Crippen LogP contribution in [-0.4, -0.2) is 22.8 Å². The topological polar surface area (TPSA) is 68.4 Å². The van der Waals surface area contributed by atoms with Gasteiger partial charge in [-0.25, -0.2) is 4.98 Å². The quantitative estimate of drug-likeness (QED) is 0.892. The van der Waals surface area contributed by atoms with Gasteiger partial charge in [0.25, 0.3) is 0 Å². The van der Waals surface area contributed by atoms with Gasteiger partial charge in [0.15, 0.2) is 0 Å². The van der Waals surface area contributed by atoms with E-state index in [-0.39, 0.29) is 0 Å². The Morgan fingerprint density at radius 1 is 1.30 bits per heavy atom. The molecule has 1 aliphatic carbocycles. The van der Waals surface area contributed by atoms with Crippen molar-refractivity contribution >= 4 is 5.82 Å². The molecule has 1 aromatic rings. The molecule has 1 aromatic heterocycles. The molecule has 1 aliphatic rings. The van der Waals surface area contributed by atoms with E-state index in [2.05, 4.69) is 18.8 Å². The molecule has 2 rings (SSSR count). The highest BCUT2D eigenvalue weighted by Crippen LogP contribution is 2.48. The monoisotopic (exact) mass is 278 g/mol. The maximum atomic E-state index is 10.9. The number of aryl methyl sites for hydroxylation is 1. The van der Waals surface area contributed by atoms with E-state index in [9.17, 15) is 5.11 Å². The second kappa shape index (κ2) is 5.34. The summed E-state index contributed by atoms with van der Waals surface area (Å²) in [6.45, 7) is 6.48. The second-order valence-electron chi connectivity index (χ2n) is 6.76. The number of nitrogens with two attached hydrogens (primary N) is 1. The van der Waals surface area contributed by atoms with Crippen LogP contribution in [0.2, 0.25) is 0 Å². The van der Waals surface area contributed by atoms with Crippen molar-refractivity contribution in [3.8, 4) is 0 Å². The summed E-state index contributed by atoms with van der Waals surface area (Å²) in [4.78, 5) is 4.11. The molecule has 1 heterocycles. The van der Waals surface area contributed by atoms with Gasteiger partial charge in [-0.1, -0.05) is 13.8 Å². The van der Waals surface area contributed by atoms with Crippen LogP contribution in [-0.2, 0) is 4.74 Å². The van der Waals surface area contributed by atoms with Crippen molar-refractivity contribution in [3.05, 3.63) is 23.4 Å². The summed E-state index contributed by atoms with van der Waals surface area (Å²) < 4.78 is 5.76. The fourth-order valence-corrected chi connectivity index (χ4v) is 3.15. The van der Waals surface area contributed by atoms with Gasteiger partial charge in [0.05, 0.1) is 5.60 Å². The van der Waals surface area contributed by atoms with Gasteiger partial charge < -0.3 is 15.6 Å². The highest BCUT2D eigenvalue weighted by molar-refractivity contribution is 5.46. The molecule has 0 radical (unpaired) electrons. The SMILES string of the molecule is COC1(C(O)c2c(C)ccnc2N)CCC(C)(C)CC1. The highest BCUT2D eigenvalue weighted by atomic mass is 16.5. The molecule has 1 unspecified atom stereocenters. The lowest BCUT2D eigenvalue weighted by Gasteiger charge is -2.45. The number of aliphatic hydroxyl groups excluding tert-OH is 1. The molecular formula is C16H26N2O2. The number of hydrogen-bond acceptors (Lipinski definition) is 4. The number of pyridine rings is 1. The van der Waals surface area contributed by atoms with Gasteiger partial charge >= 0.3 is 0 Å². The average Bonchev–Trinajstić information content (AvgIpc) is 2.39. The normalized spacial score (nSPS) is 22.4. The zero-order valence-electron chi connectivity index (χ0n) is 12.9. The summed E-state index contributed by atoms with van der Waals surface area (Å²) in [5.41, 5.74) is 7.42. The predicted octanol–water partition coefficient (Wildman–Crippen LogP) is 2.99. The summed E-state index contributed by atoms with van der Waals surface area (Å²) in [7, 11) is 1.68. The molecule has 112 valence electrons. The zero-order valence-corrected chi connectivity index (χ0v) is 12.9. The minimum absolute atomic E-state index is 0.317. The predicted molar refractivity (Wildman–Crippen MR) is 80.3 cm³/mol. The van der Waals surface area contributed by atoms with E-state index in [4.69, 9.17) is 10.5 Å². The molecule has 1 saturated carbocycles.